The molecular formula is C27H30FNO5. The summed E-state index contributed by atoms with van der Waals surface area (Å²) in [5.74, 6) is -0.602. The van der Waals surface area contributed by atoms with Gasteiger partial charge in [0.2, 0.25) is 0 Å². The summed E-state index contributed by atoms with van der Waals surface area (Å²) in [7, 11) is 0. The quantitative estimate of drug-likeness (QED) is 0.323. The van der Waals surface area contributed by atoms with E-state index in [1.54, 1.807) is 23.1 Å². The molecule has 0 aliphatic rings. The molecule has 180 valence electrons. The molecule has 34 heavy (non-hydrogen) atoms. The number of furan rings is 1. The van der Waals surface area contributed by atoms with Crippen molar-refractivity contribution in [3.8, 4) is 17.1 Å². The number of halogens is 1. The molecule has 0 bridgehead atoms. The second-order valence-electron chi connectivity index (χ2n) is 8.36. The summed E-state index contributed by atoms with van der Waals surface area (Å²) < 4.78 is 26.1. The number of carbonyl (C=O) groups excluding carboxylic acids is 1. The topological polar surface area (TPSA) is 80.0 Å². The Morgan fingerprint density at radius 1 is 1.06 bits per heavy atom. The number of unbranched alkanes of at least 4 members (excludes halogenated alkanes) is 2. The summed E-state index contributed by atoms with van der Waals surface area (Å²) in [5.41, 5.74) is 1.39. The van der Waals surface area contributed by atoms with E-state index in [2.05, 4.69) is 0 Å². The van der Waals surface area contributed by atoms with E-state index in [0.717, 1.165) is 18.4 Å². The van der Waals surface area contributed by atoms with Gasteiger partial charge in [-0.3, -0.25) is 9.59 Å². The number of carboxylic acids is 1. The highest BCUT2D eigenvalue weighted by molar-refractivity contribution is 5.95. The first-order valence-corrected chi connectivity index (χ1v) is 11.4. The zero-order chi connectivity index (χ0) is 24.5. The lowest BCUT2D eigenvalue weighted by Gasteiger charge is -2.28. The molecule has 0 saturated carbocycles. The number of aliphatic carboxylic acids is 1. The minimum atomic E-state index is -0.795. The van der Waals surface area contributed by atoms with Crippen molar-refractivity contribution in [3.63, 3.8) is 0 Å². The predicted molar refractivity (Wildman–Crippen MR) is 127 cm³/mol. The van der Waals surface area contributed by atoms with Gasteiger partial charge in [-0.05, 0) is 63.4 Å². The van der Waals surface area contributed by atoms with Crippen LogP contribution in [0.1, 0.15) is 55.5 Å². The molecular weight excluding hydrogens is 437 g/mol. The van der Waals surface area contributed by atoms with Gasteiger partial charge >= 0.3 is 5.97 Å². The Labute approximate surface area is 199 Å². The van der Waals surface area contributed by atoms with Gasteiger partial charge in [0.1, 0.15) is 17.3 Å². The maximum absolute atomic E-state index is 14.9. The Bertz CT molecular complexity index is 1090. The van der Waals surface area contributed by atoms with E-state index in [4.69, 9.17) is 14.3 Å². The van der Waals surface area contributed by atoms with E-state index in [1.165, 1.54) is 18.4 Å². The first kappa shape index (κ1) is 25.0. The van der Waals surface area contributed by atoms with Crippen LogP contribution >= 0.6 is 0 Å². The van der Waals surface area contributed by atoms with Crippen LogP contribution in [0.2, 0.25) is 0 Å². The van der Waals surface area contributed by atoms with Crippen LogP contribution in [0, 0.1) is 5.82 Å². The first-order valence-electron chi connectivity index (χ1n) is 11.4. The standard InChI is InChI=1S/C27H30FNO5/c1-19(2)29(27(32)22-14-13-20(17-23(22)28)24-11-8-16-34-24)18-21-9-5-6-10-25(21)33-15-7-3-4-12-26(30)31/h5-6,8-11,13-14,16-17,19H,3-4,7,12,15,18H2,1-2H3,(H,30,31). The van der Waals surface area contributed by atoms with Crippen LogP contribution in [0.15, 0.2) is 65.3 Å². The highest BCUT2D eigenvalue weighted by atomic mass is 19.1. The predicted octanol–water partition coefficient (Wildman–Crippen LogP) is 6.16. The average molecular weight is 468 g/mol. The lowest BCUT2D eigenvalue weighted by molar-refractivity contribution is -0.137. The van der Waals surface area contributed by atoms with Crippen molar-refractivity contribution in [2.45, 2.75) is 52.1 Å². The number of benzene rings is 2. The molecule has 0 saturated heterocycles. The van der Waals surface area contributed by atoms with Crippen LogP contribution in [0.25, 0.3) is 11.3 Å². The fourth-order valence-corrected chi connectivity index (χ4v) is 3.62. The normalized spacial score (nSPS) is 10.9. The number of hydrogen-bond acceptors (Lipinski definition) is 4. The number of para-hydroxylation sites is 1. The number of rotatable bonds is 12. The van der Waals surface area contributed by atoms with Gasteiger partial charge < -0.3 is 19.2 Å². The third kappa shape index (κ3) is 6.70. The molecule has 0 atom stereocenters. The molecule has 0 aliphatic heterocycles. The molecule has 2 aromatic carbocycles. The smallest absolute Gasteiger partial charge is 0.303 e. The molecule has 0 radical (unpaired) electrons. The largest absolute Gasteiger partial charge is 0.493 e. The summed E-state index contributed by atoms with van der Waals surface area (Å²) in [4.78, 5) is 25.5. The third-order valence-corrected chi connectivity index (χ3v) is 5.50. The van der Waals surface area contributed by atoms with E-state index in [9.17, 15) is 14.0 Å². The Morgan fingerprint density at radius 3 is 2.53 bits per heavy atom. The van der Waals surface area contributed by atoms with Gasteiger partial charge in [0.15, 0.2) is 0 Å². The maximum atomic E-state index is 14.9. The van der Waals surface area contributed by atoms with Crippen LogP contribution in [0.3, 0.4) is 0 Å². The number of nitrogens with zero attached hydrogens (tertiary/aromatic N) is 1. The lowest BCUT2D eigenvalue weighted by atomic mass is 10.1. The Morgan fingerprint density at radius 2 is 1.85 bits per heavy atom. The molecule has 3 rings (SSSR count). The zero-order valence-electron chi connectivity index (χ0n) is 19.5. The van der Waals surface area contributed by atoms with Crippen LogP contribution in [0.5, 0.6) is 5.75 Å². The molecule has 6 nitrogen and oxygen atoms in total. The van der Waals surface area contributed by atoms with Crippen molar-refractivity contribution < 1.29 is 28.2 Å². The van der Waals surface area contributed by atoms with E-state index in [-0.39, 0.29) is 24.6 Å². The fraction of sp³-hybridized carbons (Fsp3) is 0.333. The Balaban J connectivity index is 1.69. The highest BCUT2D eigenvalue weighted by Crippen LogP contribution is 2.26. The SMILES string of the molecule is CC(C)N(Cc1ccccc1OCCCCCC(=O)O)C(=O)c1ccc(-c2ccco2)cc1F. The maximum Gasteiger partial charge on any atom is 0.303 e. The van der Waals surface area contributed by atoms with Crippen LogP contribution < -0.4 is 4.74 Å². The fourth-order valence-electron chi connectivity index (χ4n) is 3.62. The van der Waals surface area contributed by atoms with Crippen molar-refractivity contribution >= 4 is 11.9 Å². The number of amides is 1. The molecule has 3 aromatic rings. The molecule has 0 spiro atoms. The van der Waals surface area contributed by atoms with Gasteiger partial charge in [-0.15, -0.1) is 0 Å². The van der Waals surface area contributed by atoms with Gasteiger partial charge in [-0.25, -0.2) is 4.39 Å². The van der Waals surface area contributed by atoms with Crippen molar-refractivity contribution in [2.24, 2.45) is 0 Å². The van der Waals surface area contributed by atoms with Crippen LogP contribution in [-0.4, -0.2) is 34.5 Å². The number of carboxylic acid groups (broad SMARTS) is 1. The number of carbonyl (C=O) groups is 2. The first-order chi connectivity index (χ1) is 16.4. The third-order valence-electron chi connectivity index (χ3n) is 5.50. The van der Waals surface area contributed by atoms with Gasteiger partial charge in [-0.2, -0.15) is 0 Å². The minimum absolute atomic E-state index is 0.000774. The van der Waals surface area contributed by atoms with Gasteiger partial charge in [0.05, 0.1) is 18.4 Å². The molecule has 1 heterocycles. The average Bonchev–Trinajstić information content (AvgIpc) is 3.34. The molecule has 1 N–H and O–H groups in total. The van der Waals surface area contributed by atoms with Crippen molar-refractivity contribution in [1.29, 1.82) is 0 Å². The van der Waals surface area contributed by atoms with Crippen LogP contribution in [-0.2, 0) is 11.3 Å². The minimum Gasteiger partial charge on any atom is -0.493 e. The van der Waals surface area contributed by atoms with Crippen molar-refractivity contribution in [3.05, 3.63) is 77.8 Å². The number of ether oxygens (including phenoxy) is 1. The number of hydrogen-bond donors (Lipinski definition) is 1. The van der Waals surface area contributed by atoms with E-state index >= 15 is 0 Å². The summed E-state index contributed by atoms with van der Waals surface area (Å²) in [6, 6.07) is 15.2. The molecule has 0 unspecified atom stereocenters. The van der Waals surface area contributed by atoms with Crippen molar-refractivity contribution in [2.75, 3.05) is 6.61 Å². The highest BCUT2D eigenvalue weighted by Gasteiger charge is 2.23. The van der Waals surface area contributed by atoms with Gasteiger partial charge in [-0.1, -0.05) is 24.3 Å². The second-order valence-corrected chi connectivity index (χ2v) is 8.36. The van der Waals surface area contributed by atoms with Gasteiger partial charge in [0.25, 0.3) is 5.91 Å². The Hall–Kier alpha value is -3.61. The summed E-state index contributed by atoms with van der Waals surface area (Å²) in [5, 5.41) is 8.72. The molecule has 7 heteroatoms. The van der Waals surface area contributed by atoms with Crippen LogP contribution in [0.4, 0.5) is 4.39 Å². The molecule has 0 aliphatic carbocycles. The zero-order valence-corrected chi connectivity index (χ0v) is 19.5. The molecule has 1 amide bonds. The lowest BCUT2D eigenvalue weighted by Crippen LogP contribution is -2.37. The van der Waals surface area contributed by atoms with E-state index < -0.39 is 17.7 Å². The Kier molecular flexibility index (Phi) is 8.85. The molecule has 1 aromatic heterocycles. The van der Waals surface area contributed by atoms with E-state index in [0.29, 0.717) is 30.1 Å². The van der Waals surface area contributed by atoms with E-state index in [1.807, 2.05) is 38.1 Å². The van der Waals surface area contributed by atoms with Gasteiger partial charge in [0, 0.05) is 30.1 Å². The second kappa shape index (κ2) is 12.0. The summed E-state index contributed by atoms with van der Waals surface area (Å²) in [6.07, 6.45) is 3.78. The summed E-state index contributed by atoms with van der Waals surface area (Å²) >= 11 is 0. The van der Waals surface area contributed by atoms with Crippen molar-refractivity contribution in [1.82, 2.24) is 4.90 Å². The molecule has 0 fully saturated rings. The monoisotopic (exact) mass is 467 g/mol. The summed E-state index contributed by atoms with van der Waals surface area (Å²) in [6.45, 7) is 4.50.